The summed E-state index contributed by atoms with van der Waals surface area (Å²) in [6, 6.07) is 7.10. The molecule has 0 unspecified atom stereocenters. The van der Waals surface area contributed by atoms with E-state index in [0.29, 0.717) is 11.3 Å². The van der Waals surface area contributed by atoms with Crippen LogP contribution in [0.1, 0.15) is 10.4 Å². The molecule has 0 saturated carbocycles. The van der Waals surface area contributed by atoms with Crippen molar-refractivity contribution < 1.29 is 9.53 Å². The van der Waals surface area contributed by atoms with Crippen molar-refractivity contribution in [1.29, 1.82) is 0 Å². The van der Waals surface area contributed by atoms with Gasteiger partial charge in [-0.05, 0) is 12.1 Å². The van der Waals surface area contributed by atoms with Gasteiger partial charge in [-0.15, -0.1) is 0 Å². The lowest BCUT2D eigenvalue weighted by Crippen LogP contribution is -2.26. The largest absolute Gasteiger partial charge is 0.470 e. The number of hydrogen-bond acceptors (Lipinski definition) is 2. The molecular weight excluding hydrogens is 142 g/mol. The minimum absolute atomic E-state index is 0.149. The van der Waals surface area contributed by atoms with Crippen molar-refractivity contribution in [2.45, 2.75) is 0 Å². The van der Waals surface area contributed by atoms with Crippen molar-refractivity contribution in [1.82, 2.24) is 5.32 Å². The summed E-state index contributed by atoms with van der Waals surface area (Å²) >= 11 is 0. The van der Waals surface area contributed by atoms with Gasteiger partial charge in [0, 0.05) is 0 Å². The van der Waals surface area contributed by atoms with Crippen LogP contribution in [0.15, 0.2) is 24.3 Å². The Morgan fingerprint density at radius 2 is 2.18 bits per heavy atom. The molecular formula is C8H6NO2. The van der Waals surface area contributed by atoms with Crippen LogP contribution in [0.25, 0.3) is 0 Å². The summed E-state index contributed by atoms with van der Waals surface area (Å²) in [5.41, 5.74) is 0.554. The number of benzene rings is 1. The number of carbonyl (C=O) groups excluding carboxylic acids is 1. The second-order valence-electron chi connectivity index (χ2n) is 2.23. The van der Waals surface area contributed by atoms with Crippen molar-refractivity contribution in [2.24, 2.45) is 0 Å². The molecule has 2 rings (SSSR count). The molecule has 1 radical (unpaired) electrons. The number of carbonyl (C=O) groups is 1. The van der Waals surface area contributed by atoms with Crippen molar-refractivity contribution in [3.63, 3.8) is 0 Å². The molecule has 1 aromatic rings. The van der Waals surface area contributed by atoms with Crippen LogP contribution >= 0.6 is 0 Å². The topological polar surface area (TPSA) is 40.4 Å². The first kappa shape index (κ1) is 6.22. The van der Waals surface area contributed by atoms with Crippen LogP contribution < -0.4 is 10.1 Å². The second kappa shape index (κ2) is 2.27. The molecule has 3 nitrogen and oxygen atoms in total. The van der Waals surface area contributed by atoms with E-state index in [1.54, 1.807) is 18.2 Å². The number of fused-ring (bicyclic) bond motifs is 1. The number of amides is 1. The molecule has 0 bridgehead atoms. The summed E-state index contributed by atoms with van der Waals surface area (Å²) in [6.07, 6.45) is 0. The van der Waals surface area contributed by atoms with Crippen LogP contribution in [0.5, 0.6) is 5.75 Å². The number of rotatable bonds is 0. The van der Waals surface area contributed by atoms with E-state index in [4.69, 9.17) is 4.74 Å². The standard InChI is InChI=1S/C8H6NO2/c10-8-6-3-1-2-4-7(6)11-5-9-8/h1-4H,5H2. The Morgan fingerprint density at radius 1 is 1.36 bits per heavy atom. The fraction of sp³-hybridized carbons (Fsp3) is 0.125. The molecule has 11 heavy (non-hydrogen) atoms. The minimum atomic E-state index is -0.188. The van der Waals surface area contributed by atoms with E-state index in [-0.39, 0.29) is 12.6 Å². The molecule has 55 valence electrons. The van der Waals surface area contributed by atoms with Gasteiger partial charge in [0.15, 0.2) is 6.73 Å². The summed E-state index contributed by atoms with van der Waals surface area (Å²) in [4.78, 5) is 11.0. The second-order valence-corrected chi connectivity index (χ2v) is 2.23. The van der Waals surface area contributed by atoms with Crippen LogP contribution in [-0.4, -0.2) is 12.6 Å². The molecule has 1 aliphatic rings. The fourth-order valence-electron chi connectivity index (χ4n) is 1.01. The Labute approximate surface area is 64.0 Å². The maximum Gasteiger partial charge on any atom is 0.279 e. The maximum absolute atomic E-state index is 11.0. The quantitative estimate of drug-likeness (QED) is 0.545. The Morgan fingerprint density at radius 3 is 3.00 bits per heavy atom. The van der Waals surface area contributed by atoms with Crippen LogP contribution in [0, 0.1) is 0 Å². The number of hydrogen-bond donors (Lipinski definition) is 0. The van der Waals surface area contributed by atoms with Crippen LogP contribution in [0.4, 0.5) is 0 Å². The fourth-order valence-corrected chi connectivity index (χ4v) is 1.01. The average molecular weight is 148 g/mol. The Balaban J connectivity index is 2.52. The van der Waals surface area contributed by atoms with E-state index in [9.17, 15) is 4.79 Å². The third-order valence-corrected chi connectivity index (χ3v) is 1.55. The molecule has 0 atom stereocenters. The molecule has 1 aromatic carbocycles. The Hall–Kier alpha value is -1.51. The van der Waals surface area contributed by atoms with Gasteiger partial charge in [-0.1, -0.05) is 12.1 Å². The molecule has 1 aliphatic heterocycles. The zero-order chi connectivity index (χ0) is 7.68. The van der Waals surface area contributed by atoms with Crippen LogP contribution in [0.2, 0.25) is 0 Å². The minimum Gasteiger partial charge on any atom is -0.470 e. The highest BCUT2D eigenvalue weighted by atomic mass is 16.5. The smallest absolute Gasteiger partial charge is 0.279 e. The summed E-state index contributed by atoms with van der Waals surface area (Å²) in [7, 11) is 0. The first-order valence-corrected chi connectivity index (χ1v) is 3.31. The summed E-state index contributed by atoms with van der Waals surface area (Å²) in [6.45, 7) is 0.149. The SMILES string of the molecule is O=C1[N]COc2ccccc21. The predicted octanol–water partition coefficient (Wildman–Crippen LogP) is 0.781. The summed E-state index contributed by atoms with van der Waals surface area (Å²) in [5, 5.41) is 3.61. The van der Waals surface area contributed by atoms with Crippen LogP contribution in [-0.2, 0) is 0 Å². The summed E-state index contributed by atoms with van der Waals surface area (Å²) in [5.74, 6) is 0.444. The van der Waals surface area contributed by atoms with E-state index in [1.807, 2.05) is 6.07 Å². The monoisotopic (exact) mass is 148 g/mol. The maximum atomic E-state index is 11.0. The first-order valence-electron chi connectivity index (χ1n) is 3.31. The van der Waals surface area contributed by atoms with Crippen molar-refractivity contribution in [2.75, 3.05) is 6.73 Å². The van der Waals surface area contributed by atoms with Crippen molar-refractivity contribution in [3.05, 3.63) is 29.8 Å². The van der Waals surface area contributed by atoms with Gasteiger partial charge in [-0.25, -0.2) is 5.32 Å². The zero-order valence-electron chi connectivity index (χ0n) is 5.78. The van der Waals surface area contributed by atoms with Gasteiger partial charge in [0.1, 0.15) is 5.75 Å². The van der Waals surface area contributed by atoms with Gasteiger partial charge in [0.2, 0.25) is 0 Å². The van der Waals surface area contributed by atoms with Crippen molar-refractivity contribution in [3.8, 4) is 5.75 Å². The van der Waals surface area contributed by atoms with Gasteiger partial charge in [0.05, 0.1) is 5.56 Å². The normalized spacial score (nSPS) is 14.7. The molecule has 0 spiro atoms. The molecule has 0 aromatic heterocycles. The molecule has 3 heteroatoms. The van der Waals surface area contributed by atoms with Gasteiger partial charge < -0.3 is 4.74 Å². The average Bonchev–Trinajstić information content (AvgIpc) is 2.06. The zero-order valence-corrected chi connectivity index (χ0v) is 5.78. The number of para-hydroxylation sites is 1. The number of nitrogens with zero attached hydrogens (tertiary/aromatic N) is 1. The molecule has 1 heterocycles. The highest BCUT2D eigenvalue weighted by Gasteiger charge is 2.17. The first-order chi connectivity index (χ1) is 5.38. The highest BCUT2D eigenvalue weighted by Crippen LogP contribution is 2.20. The van der Waals surface area contributed by atoms with E-state index >= 15 is 0 Å². The van der Waals surface area contributed by atoms with Gasteiger partial charge in [-0.2, -0.15) is 0 Å². The Kier molecular flexibility index (Phi) is 1.28. The molecule has 0 fully saturated rings. The van der Waals surface area contributed by atoms with Crippen LogP contribution in [0.3, 0.4) is 0 Å². The molecule has 0 N–H and O–H groups in total. The van der Waals surface area contributed by atoms with E-state index in [2.05, 4.69) is 5.32 Å². The van der Waals surface area contributed by atoms with E-state index in [1.165, 1.54) is 0 Å². The molecule has 0 saturated heterocycles. The molecule has 0 aliphatic carbocycles. The van der Waals surface area contributed by atoms with Gasteiger partial charge in [0.25, 0.3) is 5.91 Å². The highest BCUT2D eigenvalue weighted by molar-refractivity contribution is 5.97. The van der Waals surface area contributed by atoms with Gasteiger partial charge >= 0.3 is 0 Å². The lowest BCUT2D eigenvalue weighted by molar-refractivity contribution is 0.0875. The predicted molar refractivity (Wildman–Crippen MR) is 38.4 cm³/mol. The van der Waals surface area contributed by atoms with E-state index in [0.717, 1.165) is 0 Å². The lowest BCUT2D eigenvalue weighted by atomic mass is 10.2. The third kappa shape index (κ3) is 0.941. The third-order valence-electron chi connectivity index (χ3n) is 1.55. The molecule has 1 amide bonds. The van der Waals surface area contributed by atoms with Gasteiger partial charge in [-0.3, -0.25) is 4.79 Å². The lowest BCUT2D eigenvalue weighted by Gasteiger charge is -2.14. The number of ether oxygens (including phenoxy) is 1. The van der Waals surface area contributed by atoms with E-state index < -0.39 is 0 Å². The Bertz CT molecular complexity index is 296. The summed E-state index contributed by atoms with van der Waals surface area (Å²) < 4.78 is 5.11. The van der Waals surface area contributed by atoms with Crippen molar-refractivity contribution >= 4 is 5.91 Å².